The number of nitrogens with one attached hydrogen (secondary N) is 1. The number of ether oxygens (including phenoxy) is 2. The van der Waals surface area contributed by atoms with E-state index in [1.165, 1.54) is 19.6 Å². The number of benzene rings is 3. The van der Waals surface area contributed by atoms with E-state index < -0.39 is 5.97 Å². The van der Waals surface area contributed by atoms with Crippen LogP contribution in [-0.2, 0) is 11.2 Å². The number of hydrogen-bond acceptors (Lipinski definition) is 6. The number of amides is 1. The van der Waals surface area contributed by atoms with Crippen LogP contribution in [0.5, 0.6) is 11.5 Å². The molecule has 1 atom stereocenters. The number of hydrogen-bond donors (Lipinski definition) is 2. The van der Waals surface area contributed by atoms with E-state index in [2.05, 4.69) is 33.2 Å². The van der Waals surface area contributed by atoms with Crippen molar-refractivity contribution in [3.05, 3.63) is 76.3 Å². The number of piperidine rings is 1. The van der Waals surface area contributed by atoms with Gasteiger partial charge in [0.1, 0.15) is 17.1 Å². The minimum Gasteiger partial charge on any atom is -0.497 e. The van der Waals surface area contributed by atoms with E-state index in [-0.39, 0.29) is 23.6 Å². The van der Waals surface area contributed by atoms with Crippen LogP contribution in [0.3, 0.4) is 0 Å². The number of carboxylic acids is 1. The third kappa shape index (κ3) is 6.05. The molecule has 0 aliphatic carbocycles. The number of rotatable bonds is 9. The summed E-state index contributed by atoms with van der Waals surface area (Å²) < 4.78 is 11.1. The highest BCUT2D eigenvalue weighted by molar-refractivity contribution is 9.10. The summed E-state index contributed by atoms with van der Waals surface area (Å²) in [6.45, 7) is 3.13. The van der Waals surface area contributed by atoms with E-state index in [4.69, 9.17) is 9.47 Å². The molecular formula is C29H32BrN3O5. The van der Waals surface area contributed by atoms with Gasteiger partial charge >= 0.3 is 5.97 Å². The minimum atomic E-state index is -1.10. The molecule has 1 heterocycles. The lowest BCUT2D eigenvalue weighted by molar-refractivity contribution is -0.117. The van der Waals surface area contributed by atoms with Gasteiger partial charge in [0.15, 0.2) is 0 Å². The van der Waals surface area contributed by atoms with Gasteiger partial charge in [0.05, 0.1) is 37.7 Å². The lowest BCUT2D eigenvalue weighted by atomic mass is 10.0. The standard InChI is InChI=1S/C29H32BrN3O5/c1-19-8-6-7-15-32(19)25-9-4-5-10-26(25)33(31-21-11-13-22(37-2)14-12-21)28(34)17-20-16-27(38-3)23(29(35)36)18-24(20)30/h4-5,9-14,16,18-19,31H,6-8,15,17H2,1-3H3,(H,35,36). The van der Waals surface area contributed by atoms with Crippen LogP contribution in [-0.4, -0.2) is 43.8 Å². The molecule has 3 aromatic rings. The highest BCUT2D eigenvalue weighted by Gasteiger charge is 2.27. The first-order valence-corrected chi connectivity index (χ1v) is 13.3. The number of hydrazine groups is 1. The summed E-state index contributed by atoms with van der Waals surface area (Å²) >= 11 is 3.45. The molecule has 1 unspecified atom stereocenters. The summed E-state index contributed by atoms with van der Waals surface area (Å²) in [6.07, 6.45) is 3.39. The van der Waals surface area contributed by atoms with Gasteiger partial charge in [0, 0.05) is 17.1 Å². The van der Waals surface area contributed by atoms with Gasteiger partial charge in [-0.2, -0.15) is 0 Å². The Morgan fingerprint density at radius 2 is 1.82 bits per heavy atom. The summed E-state index contributed by atoms with van der Waals surface area (Å²) in [7, 11) is 3.02. The zero-order valence-corrected chi connectivity index (χ0v) is 23.3. The summed E-state index contributed by atoms with van der Waals surface area (Å²) in [5, 5.41) is 11.1. The zero-order valence-electron chi connectivity index (χ0n) is 21.7. The van der Waals surface area contributed by atoms with Gasteiger partial charge in [-0.25, -0.2) is 9.80 Å². The molecule has 0 bridgehead atoms. The molecule has 38 heavy (non-hydrogen) atoms. The first-order chi connectivity index (χ1) is 18.3. The second-order valence-corrected chi connectivity index (χ2v) is 10.1. The molecule has 0 aromatic heterocycles. The Hall–Kier alpha value is -3.72. The van der Waals surface area contributed by atoms with Gasteiger partial charge in [-0.1, -0.05) is 28.1 Å². The van der Waals surface area contributed by atoms with E-state index in [9.17, 15) is 14.7 Å². The molecule has 1 aliphatic rings. The van der Waals surface area contributed by atoms with Gasteiger partial charge in [-0.05, 0) is 80.3 Å². The molecular weight excluding hydrogens is 550 g/mol. The van der Waals surface area contributed by atoms with E-state index in [1.807, 2.05) is 48.5 Å². The fourth-order valence-corrected chi connectivity index (χ4v) is 5.20. The van der Waals surface area contributed by atoms with Crippen LogP contribution in [0.25, 0.3) is 0 Å². The van der Waals surface area contributed by atoms with Crippen molar-refractivity contribution < 1.29 is 24.2 Å². The Balaban J connectivity index is 1.73. The smallest absolute Gasteiger partial charge is 0.339 e. The number of nitrogens with zero attached hydrogens (tertiary/aromatic N) is 2. The Morgan fingerprint density at radius 3 is 2.47 bits per heavy atom. The molecule has 0 radical (unpaired) electrons. The van der Waals surface area contributed by atoms with E-state index in [0.717, 1.165) is 36.4 Å². The molecule has 200 valence electrons. The van der Waals surface area contributed by atoms with Crippen LogP contribution in [0.1, 0.15) is 42.1 Å². The number of carboxylic acid groups (broad SMARTS) is 1. The number of para-hydroxylation sites is 2. The molecule has 0 spiro atoms. The van der Waals surface area contributed by atoms with Crippen LogP contribution in [0.2, 0.25) is 0 Å². The van der Waals surface area contributed by atoms with Crippen LogP contribution in [0.4, 0.5) is 17.1 Å². The van der Waals surface area contributed by atoms with Crippen molar-refractivity contribution in [3.63, 3.8) is 0 Å². The Labute approximate surface area is 231 Å². The second-order valence-electron chi connectivity index (χ2n) is 9.22. The number of halogens is 1. The molecule has 3 aromatic carbocycles. The molecule has 0 saturated carbocycles. The first kappa shape index (κ1) is 27.3. The Kier molecular flexibility index (Phi) is 8.78. The van der Waals surface area contributed by atoms with Gasteiger partial charge in [0.2, 0.25) is 5.91 Å². The largest absolute Gasteiger partial charge is 0.497 e. The molecule has 4 rings (SSSR count). The minimum absolute atomic E-state index is 0.00385. The third-order valence-corrected chi connectivity index (χ3v) is 7.49. The number of aromatic carboxylic acids is 1. The van der Waals surface area contributed by atoms with Gasteiger partial charge in [-0.3, -0.25) is 10.2 Å². The molecule has 1 aliphatic heterocycles. The number of methoxy groups -OCH3 is 2. The highest BCUT2D eigenvalue weighted by Crippen LogP contribution is 2.35. The average molecular weight is 582 g/mol. The van der Waals surface area contributed by atoms with Gasteiger partial charge < -0.3 is 19.5 Å². The summed E-state index contributed by atoms with van der Waals surface area (Å²) in [5.41, 5.74) is 6.38. The predicted octanol–water partition coefficient (Wildman–Crippen LogP) is 6.15. The quantitative estimate of drug-likeness (QED) is 0.293. The van der Waals surface area contributed by atoms with Crippen molar-refractivity contribution in [3.8, 4) is 11.5 Å². The fourth-order valence-electron chi connectivity index (χ4n) is 4.71. The number of carbonyl (C=O) groups excluding carboxylic acids is 1. The molecule has 9 heteroatoms. The van der Waals surface area contributed by atoms with Gasteiger partial charge in [0.25, 0.3) is 0 Å². The molecule has 1 amide bonds. The summed E-state index contributed by atoms with van der Waals surface area (Å²) in [5.74, 6) is -0.414. The van der Waals surface area contributed by atoms with E-state index in [0.29, 0.717) is 21.8 Å². The number of anilines is 3. The topological polar surface area (TPSA) is 91.3 Å². The second kappa shape index (κ2) is 12.2. The normalized spacial score (nSPS) is 15.1. The Bertz CT molecular complexity index is 1300. The first-order valence-electron chi connectivity index (χ1n) is 12.5. The van der Waals surface area contributed by atoms with E-state index >= 15 is 0 Å². The van der Waals surface area contributed by atoms with Gasteiger partial charge in [-0.15, -0.1) is 0 Å². The van der Waals surface area contributed by atoms with Crippen molar-refractivity contribution in [2.75, 3.05) is 36.1 Å². The van der Waals surface area contributed by atoms with Crippen LogP contribution >= 0.6 is 15.9 Å². The Morgan fingerprint density at radius 1 is 1.08 bits per heavy atom. The van der Waals surface area contributed by atoms with Crippen LogP contribution < -0.4 is 24.8 Å². The zero-order chi connectivity index (χ0) is 27.2. The van der Waals surface area contributed by atoms with Crippen LogP contribution in [0, 0.1) is 0 Å². The molecule has 2 N–H and O–H groups in total. The SMILES string of the molecule is COc1ccc(NN(C(=O)Cc2cc(OC)c(C(=O)O)cc2Br)c2ccccc2N2CCCCC2C)cc1. The maximum Gasteiger partial charge on any atom is 0.339 e. The highest BCUT2D eigenvalue weighted by atomic mass is 79.9. The fraction of sp³-hybridized carbons (Fsp3) is 0.310. The van der Waals surface area contributed by atoms with Crippen molar-refractivity contribution in [1.82, 2.24) is 0 Å². The summed E-state index contributed by atoms with van der Waals surface area (Å²) in [4.78, 5) is 27.9. The lowest BCUT2D eigenvalue weighted by Crippen LogP contribution is -2.42. The molecule has 8 nitrogen and oxygen atoms in total. The maximum absolute atomic E-state index is 14.0. The predicted molar refractivity (Wildman–Crippen MR) is 153 cm³/mol. The maximum atomic E-state index is 14.0. The number of carbonyl (C=O) groups is 2. The molecule has 1 fully saturated rings. The van der Waals surface area contributed by atoms with Crippen LogP contribution in [0.15, 0.2) is 65.1 Å². The van der Waals surface area contributed by atoms with Crippen molar-refractivity contribution >= 4 is 44.9 Å². The molecule has 1 saturated heterocycles. The van der Waals surface area contributed by atoms with Crippen molar-refractivity contribution in [2.24, 2.45) is 0 Å². The monoisotopic (exact) mass is 581 g/mol. The van der Waals surface area contributed by atoms with E-state index in [1.54, 1.807) is 18.2 Å². The third-order valence-electron chi connectivity index (χ3n) is 6.76. The van der Waals surface area contributed by atoms with Crippen molar-refractivity contribution in [1.29, 1.82) is 0 Å². The average Bonchev–Trinajstić information content (AvgIpc) is 2.93. The lowest BCUT2D eigenvalue weighted by Gasteiger charge is -2.38. The van der Waals surface area contributed by atoms with Crippen molar-refractivity contribution in [2.45, 2.75) is 38.6 Å². The summed E-state index contributed by atoms with van der Waals surface area (Å²) in [6, 6.07) is 18.7.